The molecule has 0 saturated carbocycles. The number of piperidine rings is 1. The molecule has 0 radical (unpaired) electrons. The second kappa shape index (κ2) is 11.1. The molecule has 3 aromatic carbocycles. The van der Waals surface area contributed by atoms with Gasteiger partial charge in [0.25, 0.3) is 21.5 Å². The Kier molecular flexibility index (Phi) is 7.32. The largest absolute Gasteiger partial charge is 0.369 e. The van der Waals surface area contributed by atoms with Gasteiger partial charge in [0.1, 0.15) is 5.82 Å². The maximum absolute atomic E-state index is 13.9. The lowest BCUT2D eigenvalue weighted by molar-refractivity contribution is 0.0951. The molecule has 1 fully saturated rings. The molecule has 2 aliphatic heterocycles. The first-order chi connectivity index (χ1) is 20.2. The summed E-state index contributed by atoms with van der Waals surface area (Å²) in [6.45, 7) is 3.64. The average Bonchev–Trinajstić information content (AvgIpc) is 2.98. The van der Waals surface area contributed by atoms with Gasteiger partial charge in [-0.3, -0.25) is 14.3 Å². The van der Waals surface area contributed by atoms with Crippen molar-refractivity contribution in [3.63, 3.8) is 0 Å². The lowest BCUT2D eigenvalue weighted by Gasteiger charge is -2.44. The first-order valence-electron chi connectivity index (χ1n) is 13.9. The normalized spacial score (nSPS) is 17.8. The molecule has 6 rings (SSSR count). The third-order valence-electron chi connectivity index (χ3n) is 8.06. The molecule has 2 bridgehead atoms. The number of sulfonamides is 1. The molecule has 4 aromatic rings. The minimum atomic E-state index is -4.10. The van der Waals surface area contributed by atoms with Gasteiger partial charge in [0.2, 0.25) is 0 Å². The number of fused-ring (bicyclic) bond motifs is 4. The molecule has 2 unspecified atom stereocenters. The second-order valence-corrected chi connectivity index (χ2v) is 12.7. The van der Waals surface area contributed by atoms with E-state index in [4.69, 9.17) is 0 Å². The van der Waals surface area contributed by atoms with Gasteiger partial charge in [-0.25, -0.2) is 12.8 Å². The van der Waals surface area contributed by atoms with Crippen LogP contribution in [-0.2, 0) is 23.1 Å². The highest BCUT2D eigenvalue weighted by Gasteiger charge is 2.35. The number of amides is 1. The van der Waals surface area contributed by atoms with Gasteiger partial charge >= 0.3 is 0 Å². The van der Waals surface area contributed by atoms with Crippen LogP contribution in [0.2, 0.25) is 0 Å². The van der Waals surface area contributed by atoms with E-state index in [1.807, 2.05) is 41.0 Å². The fourth-order valence-electron chi connectivity index (χ4n) is 6.00. The van der Waals surface area contributed by atoms with E-state index in [0.29, 0.717) is 37.4 Å². The van der Waals surface area contributed by atoms with Crippen LogP contribution in [-0.4, -0.2) is 32.0 Å². The SMILES string of the molecule is Cc1cc(S(=O)(=O)Nc2cc(C(=O)NCc3ccccc3)ccc2N2CC3CC(C2)c2cccc(=O)n2C3)ccc1F. The van der Waals surface area contributed by atoms with Crippen LogP contribution >= 0.6 is 0 Å². The predicted octanol–water partition coefficient (Wildman–Crippen LogP) is 4.65. The first kappa shape index (κ1) is 27.7. The summed E-state index contributed by atoms with van der Waals surface area (Å²) < 4.78 is 45.4. The van der Waals surface area contributed by atoms with Crippen LogP contribution in [0.5, 0.6) is 0 Å². The lowest BCUT2D eigenvalue weighted by Crippen LogP contribution is -2.47. The molecule has 10 heteroatoms. The zero-order chi connectivity index (χ0) is 29.4. The van der Waals surface area contributed by atoms with Crippen LogP contribution in [0.15, 0.2) is 94.6 Å². The molecule has 1 aromatic heterocycles. The second-order valence-electron chi connectivity index (χ2n) is 11.0. The Morgan fingerprint density at radius 2 is 1.76 bits per heavy atom. The Morgan fingerprint density at radius 3 is 2.55 bits per heavy atom. The molecule has 42 heavy (non-hydrogen) atoms. The van der Waals surface area contributed by atoms with E-state index in [2.05, 4.69) is 14.9 Å². The van der Waals surface area contributed by atoms with Crippen LogP contribution < -0.4 is 20.5 Å². The molecule has 1 saturated heterocycles. The third-order valence-corrected chi connectivity index (χ3v) is 9.42. The summed E-state index contributed by atoms with van der Waals surface area (Å²) in [5.41, 5.74) is 3.32. The molecular formula is C32H31FN4O4S. The summed E-state index contributed by atoms with van der Waals surface area (Å²) in [6.07, 6.45) is 0.940. The number of aromatic nitrogens is 1. The maximum atomic E-state index is 13.9. The standard InChI is InChI=1S/C32H31FN4O4S/c1-21-14-26(11-12-27(21)33)42(40,41)35-28-16-24(32(39)34-17-22-6-3-2-4-7-22)10-13-30(28)36-18-23-15-25(20-36)29-8-5-9-31(38)37(29)19-23/h2-14,16,23,25,35H,15,17-20H2,1H3,(H,34,39). The summed E-state index contributed by atoms with van der Waals surface area (Å²) in [7, 11) is -4.10. The number of hydrogen-bond acceptors (Lipinski definition) is 5. The van der Waals surface area contributed by atoms with Gasteiger partial charge in [-0.2, -0.15) is 0 Å². The maximum Gasteiger partial charge on any atom is 0.261 e. The van der Waals surface area contributed by atoms with Gasteiger partial charge in [-0.15, -0.1) is 0 Å². The number of rotatable bonds is 7. The highest BCUT2D eigenvalue weighted by Crippen LogP contribution is 2.40. The van der Waals surface area contributed by atoms with E-state index in [1.54, 1.807) is 30.3 Å². The van der Waals surface area contributed by atoms with Crippen LogP contribution in [0.1, 0.15) is 39.5 Å². The quantitative estimate of drug-likeness (QED) is 0.329. The van der Waals surface area contributed by atoms with Crippen molar-refractivity contribution < 1.29 is 17.6 Å². The monoisotopic (exact) mass is 586 g/mol. The van der Waals surface area contributed by atoms with Crippen LogP contribution in [0.25, 0.3) is 0 Å². The Labute approximate surface area is 243 Å². The Morgan fingerprint density at radius 1 is 0.952 bits per heavy atom. The fourth-order valence-corrected chi connectivity index (χ4v) is 7.15. The highest BCUT2D eigenvalue weighted by molar-refractivity contribution is 7.92. The van der Waals surface area contributed by atoms with E-state index < -0.39 is 15.8 Å². The lowest BCUT2D eigenvalue weighted by atomic mass is 9.83. The number of carbonyl (C=O) groups excluding carboxylic acids is 1. The van der Waals surface area contributed by atoms with Crippen molar-refractivity contribution in [2.24, 2.45) is 5.92 Å². The van der Waals surface area contributed by atoms with E-state index >= 15 is 0 Å². The van der Waals surface area contributed by atoms with Crippen molar-refractivity contribution in [2.75, 3.05) is 22.7 Å². The third kappa shape index (κ3) is 5.54. The van der Waals surface area contributed by atoms with Gasteiger partial charge in [-0.05, 0) is 72.9 Å². The number of aryl methyl sites for hydroxylation is 1. The number of pyridine rings is 1. The minimum absolute atomic E-state index is 0.00967. The number of hydrogen-bond donors (Lipinski definition) is 2. The van der Waals surface area contributed by atoms with E-state index in [9.17, 15) is 22.4 Å². The topological polar surface area (TPSA) is 101 Å². The Hall–Kier alpha value is -4.44. The summed E-state index contributed by atoms with van der Waals surface area (Å²) in [5, 5.41) is 2.89. The molecule has 2 N–H and O–H groups in total. The number of anilines is 2. The van der Waals surface area contributed by atoms with Gasteiger partial charge in [0, 0.05) is 49.4 Å². The zero-order valence-corrected chi connectivity index (χ0v) is 23.9. The molecule has 0 aliphatic carbocycles. The number of carbonyl (C=O) groups is 1. The molecule has 8 nitrogen and oxygen atoms in total. The van der Waals surface area contributed by atoms with Gasteiger partial charge in [-0.1, -0.05) is 36.4 Å². The Balaban J connectivity index is 1.34. The van der Waals surface area contributed by atoms with E-state index in [1.165, 1.54) is 19.1 Å². The summed E-state index contributed by atoms with van der Waals surface area (Å²) in [5.74, 6) is -0.530. The first-order valence-corrected chi connectivity index (χ1v) is 15.4. The van der Waals surface area contributed by atoms with Crippen LogP contribution in [0.4, 0.5) is 15.8 Å². The van der Waals surface area contributed by atoms with Crippen molar-refractivity contribution >= 4 is 27.3 Å². The molecule has 2 atom stereocenters. The molecule has 3 heterocycles. The minimum Gasteiger partial charge on any atom is -0.369 e. The smallest absolute Gasteiger partial charge is 0.261 e. The number of benzene rings is 3. The van der Waals surface area contributed by atoms with Crippen LogP contribution in [0.3, 0.4) is 0 Å². The molecule has 1 amide bonds. The van der Waals surface area contributed by atoms with Gasteiger partial charge in [0.15, 0.2) is 0 Å². The number of nitrogens with one attached hydrogen (secondary N) is 2. The summed E-state index contributed by atoms with van der Waals surface area (Å²) in [4.78, 5) is 27.7. The van der Waals surface area contributed by atoms with Crippen molar-refractivity contribution in [3.05, 3.63) is 123 Å². The summed E-state index contributed by atoms with van der Waals surface area (Å²) in [6, 6.07) is 23.5. The van der Waals surface area contributed by atoms with E-state index in [-0.39, 0.29) is 39.4 Å². The van der Waals surface area contributed by atoms with Crippen molar-refractivity contribution in [1.29, 1.82) is 0 Å². The Bertz CT molecular complexity index is 1820. The number of halogens is 1. The predicted molar refractivity (Wildman–Crippen MR) is 160 cm³/mol. The van der Waals surface area contributed by atoms with Gasteiger partial charge < -0.3 is 14.8 Å². The summed E-state index contributed by atoms with van der Waals surface area (Å²) >= 11 is 0. The number of nitrogens with zero attached hydrogens (tertiary/aromatic N) is 2. The van der Waals surface area contributed by atoms with Crippen molar-refractivity contribution in [2.45, 2.75) is 37.2 Å². The van der Waals surface area contributed by atoms with Gasteiger partial charge in [0.05, 0.1) is 16.3 Å². The average molecular weight is 587 g/mol. The molecule has 216 valence electrons. The molecule has 0 spiro atoms. The fraction of sp³-hybridized carbons (Fsp3) is 0.250. The molecular weight excluding hydrogens is 555 g/mol. The highest BCUT2D eigenvalue weighted by atomic mass is 32.2. The van der Waals surface area contributed by atoms with Crippen LogP contribution in [0, 0.1) is 18.7 Å². The van der Waals surface area contributed by atoms with E-state index in [0.717, 1.165) is 23.7 Å². The van der Waals surface area contributed by atoms with Crippen molar-refractivity contribution in [1.82, 2.24) is 9.88 Å². The van der Waals surface area contributed by atoms with Crippen molar-refractivity contribution in [3.8, 4) is 0 Å². The molecule has 2 aliphatic rings. The zero-order valence-electron chi connectivity index (χ0n) is 23.1.